The highest BCUT2D eigenvalue weighted by Gasteiger charge is 2.23. The number of benzene rings is 2. The Morgan fingerprint density at radius 2 is 2.03 bits per heavy atom. The lowest BCUT2D eigenvalue weighted by Gasteiger charge is -2.27. The first-order chi connectivity index (χ1) is 14.2. The van der Waals surface area contributed by atoms with Crippen LogP contribution in [0.5, 0.6) is 5.75 Å². The van der Waals surface area contributed by atoms with E-state index in [2.05, 4.69) is 46.1 Å². The van der Waals surface area contributed by atoms with E-state index in [-0.39, 0.29) is 6.61 Å². The number of imidazole rings is 1. The van der Waals surface area contributed by atoms with Crippen LogP contribution in [0.15, 0.2) is 61.1 Å². The molecule has 1 N–H and O–H groups in total. The number of nitrogens with zero attached hydrogens (tertiary/aromatic N) is 2. The lowest BCUT2D eigenvalue weighted by atomic mass is 9.80. The van der Waals surface area contributed by atoms with E-state index in [4.69, 9.17) is 9.84 Å². The van der Waals surface area contributed by atoms with Crippen molar-refractivity contribution in [2.45, 2.75) is 44.6 Å². The summed E-state index contributed by atoms with van der Waals surface area (Å²) in [5, 5.41) is 8.90. The van der Waals surface area contributed by atoms with Crippen LogP contribution >= 0.6 is 0 Å². The first-order valence-electron chi connectivity index (χ1n) is 10.2. The van der Waals surface area contributed by atoms with E-state index < -0.39 is 5.97 Å². The average Bonchev–Trinajstić information content (AvgIpc) is 3.18. The number of aromatic nitrogens is 2. The van der Waals surface area contributed by atoms with Crippen LogP contribution in [0.4, 0.5) is 0 Å². The fraction of sp³-hybridized carbons (Fsp3) is 0.333. The van der Waals surface area contributed by atoms with Gasteiger partial charge in [0, 0.05) is 19.2 Å². The summed E-state index contributed by atoms with van der Waals surface area (Å²) in [6.45, 7) is 0.631. The molecule has 1 unspecified atom stereocenters. The van der Waals surface area contributed by atoms with Crippen molar-refractivity contribution >= 4 is 5.97 Å². The third-order valence-corrected chi connectivity index (χ3v) is 5.59. The minimum Gasteiger partial charge on any atom is -0.482 e. The molecule has 1 aliphatic carbocycles. The number of carboxylic acid groups (broad SMARTS) is 1. The minimum atomic E-state index is -0.943. The quantitative estimate of drug-likeness (QED) is 0.617. The molecule has 5 heteroatoms. The third-order valence-electron chi connectivity index (χ3n) is 5.59. The van der Waals surface area contributed by atoms with Crippen molar-refractivity contribution in [1.29, 1.82) is 0 Å². The molecule has 3 aromatic rings. The number of carboxylic acids is 1. The molecular weight excluding hydrogens is 364 g/mol. The average molecular weight is 390 g/mol. The third kappa shape index (κ3) is 4.86. The molecule has 0 bridgehead atoms. The van der Waals surface area contributed by atoms with Crippen LogP contribution in [0.2, 0.25) is 0 Å². The van der Waals surface area contributed by atoms with E-state index in [0.29, 0.717) is 5.92 Å². The molecular formula is C24H26N2O3. The molecule has 0 radical (unpaired) electrons. The second-order valence-corrected chi connectivity index (χ2v) is 7.65. The zero-order valence-corrected chi connectivity index (χ0v) is 16.5. The highest BCUT2D eigenvalue weighted by molar-refractivity contribution is 5.68. The second-order valence-electron chi connectivity index (χ2n) is 7.65. The van der Waals surface area contributed by atoms with Gasteiger partial charge < -0.3 is 14.4 Å². The number of carbonyl (C=O) groups is 1. The summed E-state index contributed by atoms with van der Waals surface area (Å²) >= 11 is 0. The van der Waals surface area contributed by atoms with E-state index in [1.165, 1.54) is 16.7 Å². The monoisotopic (exact) mass is 390 g/mol. The Hall–Kier alpha value is -3.08. The number of aliphatic carboxylic acids is 1. The summed E-state index contributed by atoms with van der Waals surface area (Å²) in [5.41, 5.74) is 4.85. The topological polar surface area (TPSA) is 64.3 Å². The molecule has 0 saturated carbocycles. The molecule has 150 valence electrons. The van der Waals surface area contributed by atoms with Gasteiger partial charge in [0.2, 0.25) is 0 Å². The summed E-state index contributed by atoms with van der Waals surface area (Å²) in [6.07, 6.45) is 9.17. The molecule has 0 amide bonds. The van der Waals surface area contributed by atoms with Crippen molar-refractivity contribution in [3.8, 4) is 5.75 Å². The summed E-state index contributed by atoms with van der Waals surface area (Å²) in [4.78, 5) is 15.4. The van der Waals surface area contributed by atoms with Gasteiger partial charge in [-0.2, -0.15) is 0 Å². The van der Waals surface area contributed by atoms with Gasteiger partial charge in [0.05, 0.1) is 12.0 Å². The Morgan fingerprint density at radius 1 is 1.17 bits per heavy atom. The molecule has 0 spiro atoms. The summed E-state index contributed by atoms with van der Waals surface area (Å²) in [6, 6.07) is 16.4. The number of fused-ring (bicyclic) bond motifs is 1. The van der Waals surface area contributed by atoms with Crippen LogP contribution in [-0.4, -0.2) is 27.2 Å². The summed E-state index contributed by atoms with van der Waals surface area (Å²) in [5.74, 6) is 0.246. The first kappa shape index (κ1) is 19.2. The second kappa shape index (κ2) is 8.95. The number of ether oxygens (including phenoxy) is 1. The minimum absolute atomic E-state index is 0.291. The molecule has 1 aliphatic rings. The zero-order chi connectivity index (χ0) is 20.1. The Kier molecular flexibility index (Phi) is 5.94. The molecule has 0 fully saturated rings. The molecule has 0 aliphatic heterocycles. The molecule has 29 heavy (non-hydrogen) atoms. The number of hydrogen-bond donors (Lipinski definition) is 1. The number of hydrogen-bond acceptors (Lipinski definition) is 3. The van der Waals surface area contributed by atoms with Gasteiger partial charge in [-0.25, -0.2) is 9.78 Å². The van der Waals surface area contributed by atoms with Crippen molar-refractivity contribution in [3.63, 3.8) is 0 Å². The molecule has 1 atom stereocenters. The molecule has 5 nitrogen and oxygen atoms in total. The number of rotatable bonds is 8. The van der Waals surface area contributed by atoms with Crippen molar-refractivity contribution < 1.29 is 14.6 Å². The SMILES string of the molecule is O=C(O)COc1cccc2c1CCCC2CCn1cnc(Cc2ccccc2)c1. The maximum atomic E-state index is 10.8. The standard InChI is InChI=1S/C24H26N2O3/c27-24(28)16-29-23-11-5-9-21-19(8-4-10-22(21)23)12-13-26-15-20(25-17-26)14-18-6-2-1-3-7-18/h1-3,5-7,9,11,15,17,19H,4,8,10,12-14,16H2,(H,27,28). The maximum Gasteiger partial charge on any atom is 0.341 e. The smallest absolute Gasteiger partial charge is 0.341 e. The molecule has 0 saturated heterocycles. The molecule has 1 heterocycles. The van der Waals surface area contributed by atoms with Crippen molar-refractivity contribution in [1.82, 2.24) is 9.55 Å². The predicted molar refractivity (Wildman–Crippen MR) is 111 cm³/mol. The largest absolute Gasteiger partial charge is 0.482 e. The van der Waals surface area contributed by atoms with Gasteiger partial charge >= 0.3 is 5.97 Å². The van der Waals surface area contributed by atoms with Gasteiger partial charge in [0.1, 0.15) is 5.75 Å². The van der Waals surface area contributed by atoms with Crippen molar-refractivity contribution in [2.24, 2.45) is 0 Å². The zero-order valence-electron chi connectivity index (χ0n) is 16.5. The van der Waals surface area contributed by atoms with Crippen LogP contribution in [0, 0.1) is 0 Å². The summed E-state index contributed by atoms with van der Waals surface area (Å²) in [7, 11) is 0. The fourth-order valence-corrected chi connectivity index (χ4v) is 4.22. The Labute approximate surface area is 171 Å². The molecule has 1 aromatic heterocycles. The van der Waals surface area contributed by atoms with Gasteiger partial charge in [0.25, 0.3) is 0 Å². The van der Waals surface area contributed by atoms with E-state index in [1.54, 1.807) is 0 Å². The summed E-state index contributed by atoms with van der Waals surface area (Å²) < 4.78 is 7.70. The molecule has 4 rings (SSSR count). The Bertz CT molecular complexity index is 965. The molecule has 2 aromatic carbocycles. The van der Waals surface area contributed by atoms with Gasteiger partial charge in [-0.05, 0) is 54.4 Å². The first-order valence-corrected chi connectivity index (χ1v) is 10.2. The highest BCUT2D eigenvalue weighted by Crippen LogP contribution is 2.38. The maximum absolute atomic E-state index is 10.8. The van der Waals surface area contributed by atoms with E-state index in [1.807, 2.05) is 24.5 Å². The van der Waals surface area contributed by atoms with Gasteiger partial charge in [-0.1, -0.05) is 42.5 Å². The van der Waals surface area contributed by atoms with Crippen LogP contribution in [0.3, 0.4) is 0 Å². The predicted octanol–water partition coefficient (Wildman–Crippen LogP) is 4.45. The Balaban J connectivity index is 1.40. The fourth-order valence-electron chi connectivity index (χ4n) is 4.22. The van der Waals surface area contributed by atoms with Crippen molar-refractivity contribution in [3.05, 3.63) is 83.4 Å². The van der Waals surface area contributed by atoms with E-state index in [9.17, 15) is 4.79 Å². The lowest BCUT2D eigenvalue weighted by molar-refractivity contribution is -0.139. The van der Waals surface area contributed by atoms with Gasteiger partial charge in [0.15, 0.2) is 6.61 Å². The van der Waals surface area contributed by atoms with E-state index >= 15 is 0 Å². The van der Waals surface area contributed by atoms with Gasteiger partial charge in [-0.3, -0.25) is 0 Å². The van der Waals surface area contributed by atoms with E-state index in [0.717, 1.165) is 50.1 Å². The van der Waals surface area contributed by atoms with Crippen LogP contribution in [-0.2, 0) is 24.2 Å². The Morgan fingerprint density at radius 3 is 2.86 bits per heavy atom. The van der Waals surface area contributed by atoms with Crippen molar-refractivity contribution in [2.75, 3.05) is 6.61 Å². The van der Waals surface area contributed by atoms with Crippen LogP contribution < -0.4 is 4.74 Å². The van der Waals surface area contributed by atoms with Crippen LogP contribution in [0.1, 0.15) is 47.6 Å². The lowest BCUT2D eigenvalue weighted by Crippen LogP contribution is -2.15. The van der Waals surface area contributed by atoms with Gasteiger partial charge in [-0.15, -0.1) is 0 Å². The number of aryl methyl sites for hydroxylation is 1. The highest BCUT2D eigenvalue weighted by atomic mass is 16.5. The normalized spacial score (nSPS) is 15.7. The van der Waals surface area contributed by atoms with Crippen LogP contribution in [0.25, 0.3) is 0 Å².